The fraction of sp³-hybridized carbons (Fsp3) is 0.167. The van der Waals surface area contributed by atoms with E-state index in [1.807, 2.05) is 46.8 Å². The molecule has 18 nitrogen and oxygen atoms in total. The van der Waals surface area contributed by atoms with Gasteiger partial charge in [0.15, 0.2) is 40.0 Å². The maximum Gasteiger partial charge on any atom is 0.338 e. The number of ketones is 2. The Morgan fingerprint density at radius 3 is 1.25 bits per heavy atom. The number of Topliss-reactive ketones (excluding diaryl/α,β-unsaturated/α-hetero) is 2. The van der Waals surface area contributed by atoms with E-state index in [1.54, 1.807) is 146 Å². The number of hydrogen-bond acceptors (Lipinski definition) is 9. The van der Waals surface area contributed by atoms with E-state index in [2.05, 4.69) is 50.5 Å². The standard InChI is InChI=1S/C24H21F2N3O2.C24H17F2N3O.C18H18FNO.C18H16FNO.C11H10BrNO.C7H4FNO.C6H6FN/c1-3-22(23(30)16-5-4-6-20(15-16)27-2)29(21-13-9-18(26)10-14-21)24(31)28-19-11-7-17(25)8-12-19;1-3-22-23(16-5-4-6-19(15-16)27-2)29(21-13-9-18(26)10-14-21)24(30)28(22)20-11-7-17(25)8-12-20;2*1-3-14(11-13-7-9-16(19)10-8-13)18(21)15-5-4-6-17(12-15)20-2;1-3-10(12)11(14)8-5-4-6-9(7-8)13-2;8-6-1-3-7(4-2-6)9-5-10;7-5-1-3-6(8)4-2-5/h4-15,22-23,30H,3H2,1H3,(H,28,31);4-15H,3H2,1H3;4-10,12,14,18,21H,3,11H2,1H3;4-10,12,14H,3,11H2,1H3;4-7,10H,3H2,1H3;1-4H;1-4H,8H2. The lowest BCUT2D eigenvalue weighted by Crippen LogP contribution is -2.46. The Morgan fingerprint density at radius 1 is 0.444 bits per heavy atom. The number of aliphatic hydroxyl groups is 2. The van der Waals surface area contributed by atoms with Crippen LogP contribution in [0.15, 0.2) is 325 Å². The first-order chi connectivity index (χ1) is 65.0. The molecule has 0 aliphatic carbocycles. The van der Waals surface area contributed by atoms with Crippen molar-refractivity contribution in [1.29, 1.82) is 0 Å². The van der Waals surface area contributed by atoms with Crippen LogP contribution in [0.4, 0.5) is 91.1 Å². The van der Waals surface area contributed by atoms with Crippen LogP contribution in [0, 0.1) is 91.2 Å². The highest BCUT2D eigenvalue weighted by molar-refractivity contribution is 9.10. The summed E-state index contributed by atoms with van der Waals surface area (Å²) in [4.78, 5) is 82.0. The minimum atomic E-state index is -1.10. The number of aromatic nitrogens is 2. The minimum absolute atomic E-state index is 0.0346. The van der Waals surface area contributed by atoms with E-state index in [-0.39, 0.29) is 57.2 Å². The number of hydrogen-bond donors (Lipinski definition) is 4. The summed E-state index contributed by atoms with van der Waals surface area (Å²) < 4.78 is 107. The molecule has 684 valence electrons. The second-order valence-corrected chi connectivity index (χ2v) is 31.0. The van der Waals surface area contributed by atoms with Crippen molar-refractivity contribution in [3.8, 4) is 22.6 Å². The summed E-state index contributed by atoms with van der Waals surface area (Å²) in [5.41, 5.74) is 16.4. The molecule has 14 aromatic rings. The van der Waals surface area contributed by atoms with Crippen molar-refractivity contribution in [3.63, 3.8) is 0 Å². The molecule has 6 unspecified atom stereocenters. The predicted octanol–water partition coefficient (Wildman–Crippen LogP) is 28.1. The van der Waals surface area contributed by atoms with Gasteiger partial charge in [-0.15, -0.1) is 0 Å². The Bertz CT molecular complexity index is 6590. The molecule has 0 spiro atoms. The van der Waals surface area contributed by atoms with Crippen LogP contribution in [0.25, 0.3) is 46.9 Å². The topological polar surface area (TPSA) is 211 Å². The minimum Gasteiger partial charge on any atom is -0.399 e. The van der Waals surface area contributed by atoms with Crippen LogP contribution in [-0.4, -0.2) is 53.9 Å². The third kappa shape index (κ3) is 31.3. The molecule has 5 N–H and O–H groups in total. The first kappa shape index (κ1) is 104. The molecule has 0 saturated carbocycles. The zero-order valence-corrected chi connectivity index (χ0v) is 75.5. The molecule has 0 aliphatic rings. The van der Waals surface area contributed by atoms with Crippen molar-refractivity contribution in [2.24, 2.45) is 16.8 Å². The highest BCUT2D eigenvalue weighted by Gasteiger charge is 2.32. The number of isocyanates is 1. The van der Waals surface area contributed by atoms with Crippen molar-refractivity contribution < 1.29 is 64.5 Å². The second kappa shape index (κ2) is 53.3. The summed E-state index contributed by atoms with van der Waals surface area (Å²) in [5, 5.41) is 24.3. The van der Waals surface area contributed by atoms with Gasteiger partial charge in [0.05, 0.1) is 84.4 Å². The van der Waals surface area contributed by atoms with Gasteiger partial charge in [-0.1, -0.05) is 184 Å². The fourth-order valence-electron chi connectivity index (χ4n) is 13.8. The molecule has 1 aromatic heterocycles. The van der Waals surface area contributed by atoms with E-state index in [4.69, 9.17) is 38.6 Å². The van der Waals surface area contributed by atoms with Crippen molar-refractivity contribution in [1.82, 2.24) is 9.13 Å². The number of anilines is 3. The molecule has 0 fully saturated rings. The number of nitrogens with one attached hydrogen (secondary N) is 1. The quantitative estimate of drug-likeness (QED) is 0.00867. The Kier molecular flexibility index (Phi) is 41.2. The molecule has 0 saturated heterocycles. The number of aliphatic hydroxyl groups excluding tert-OH is 2. The molecule has 0 aliphatic heterocycles. The van der Waals surface area contributed by atoms with E-state index < -0.39 is 47.5 Å². The van der Waals surface area contributed by atoms with Gasteiger partial charge < -0.3 is 21.3 Å². The van der Waals surface area contributed by atoms with Gasteiger partial charge in [-0.05, 0) is 260 Å². The lowest BCUT2D eigenvalue weighted by molar-refractivity contribution is 0.0915. The van der Waals surface area contributed by atoms with E-state index >= 15 is 0 Å². The number of carbonyl (C=O) groups is 3. The number of aliphatic imine (C=N–C) groups is 1. The molecular formula is C108H92BrF8N11O7. The van der Waals surface area contributed by atoms with Crippen LogP contribution in [-0.2, 0) is 24.1 Å². The molecule has 27 heteroatoms. The number of nitrogens with two attached hydrogens (primary N) is 1. The third-order valence-electron chi connectivity index (χ3n) is 20.8. The predicted molar refractivity (Wildman–Crippen MR) is 516 cm³/mol. The monoisotopic (exact) mass is 1890 g/mol. The van der Waals surface area contributed by atoms with Gasteiger partial charge in [0, 0.05) is 34.1 Å². The highest BCUT2D eigenvalue weighted by atomic mass is 79.9. The molecule has 135 heavy (non-hydrogen) atoms. The molecule has 2 amide bonds. The molecule has 14 rings (SSSR count). The van der Waals surface area contributed by atoms with Crippen LogP contribution < -0.4 is 21.6 Å². The van der Waals surface area contributed by atoms with Crippen LogP contribution >= 0.6 is 15.9 Å². The summed E-state index contributed by atoms with van der Waals surface area (Å²) in [6.45, 7) is 45.1. The maximum atomic E-state index is 13.5. The van der Waals surface area contributed by atoms with Crippen LogP contribution in [0.2, 0.25) is 0 Å². The summed E-state index contributed by atoms with van der Waals surface area (Å²) in [6.07, 6.45) is 4.04. The Balaban J connectivity index is 0.000000201. The summed E-state index contributed by atoms with van der Waals surface area (Å²) in [6, 6.07) is 78.5. The first-order valence-corrected chi connectivity index (χ1v) is 43.2. The average Bonchev–Trinajstić information content (AvgIpc) is 1.59. The van der Waals surface area contributed by atoms with Crippen molar-refractivity contribution in [2.75, 3.05) is 16.0 Å². The number of alkyl halides is 1. The van der Waals surface area contributed by atoms with Crippen LogP contribution in [0.5, 0.6) is 0 Å². The zero-order valence-electron chi connectivity index (χ0n) is 73.9. The van der Waals surface area contributed by atoms with Gasteiger partial charge in [-0.3, -0.25) is 23.6 Å². The van der Waals surface area contributed by atoms with E-state index in [9.17, 15) is 69.3 Å². The van der Waals surface area contributed by atoms with E-state index in [0.29, 0.717) is 128 Å². The number of amides is 2. The van der Waals surface area contributed by atoms with Crippen molar-refractivity contribution in [2.45, 2.75) is 103 Å². The van der Waals surface area contributed by atoms with E-state index in [0.717, 1.165) is 29.5 Å². The van der Waals surface area contributed by atoms with Gasteiger partial charge in [-0.25, -0.2) is 73.7 Å². The maximum absolute atomic E-state index is 13.5. The van der Waals surface area contributed by atoms with Gasteiger partial charge in [-0.2, -0.15) is 4.99 Å². The number of rotatable bonds is 24. The van der Waals surface area contributed by atoms with Gasteiger partial charge >= 0.3 is 11.7 Å². The second-order valence-electron chi connectivity index (χ2n) is 29.9. The molecule has 13 aromatic carbocycles. The highest BCUT2D eigenvalue weighted by Crippen LogP contribution is 2.36. The number of nitrogen functional groups attached to an aromatic ring is 1. The van der Waals surface area contributed by atoms with E-state index in [1.165, 1.54) is 178 Å². The zero-order chi connectivity index (χ0) is 98.0. The average molecular weight is 1890 g/mol. The number of imidazole rings is 1. The summed E-state index contributed by atoms with van der Waals surface area (Å²) >= 11 is 3.30. The fourth-order valence-corrected chi connectivity index (χ4v) is 14.0. The molecular weight excluding hydrogens is 1800 g/mol. The molecule has 6 atom stereocenters. The Hall–Kier alpha value is -16.1. The summed E-state index contributed by atoms with van der Waals surface area (Å²) in [5.74, 6) is -2.86. The lowest BCUT2D eigenvalue weighted by Gasteiger charge is -2.34. The number of halogens is 9. The molecule has 0 bridgehead atoms. The normalized spacial score (nSPS) is 11.5. The number of carbonyl (C=O) groups excluding carboxylic acids is 4. The number of nitrogens with zero attached hydrogens (tertiary/aromatic N) is 9. The number of benzene rings is 13. The SMILES string of the molecule is Nc1ccc(F)cc1.O=C=Nc1ccc(F)cc1.[C-]#[N+]c1cccc(-c2c(CC)n(-c3ccc(F)cc3)c(=O)n2-c2ccc(F)cc2)c1.[C-]#[N+]c1cccc(C(=O)C(Br)CC)c1.[C-]#[N+]c1cccc(C(=O)C(CC)Cc2ccc(F)cc2)c1.[C-]#[N+]c1cccc(C(O)C(CC)Cc2ccc(F)cc2)c1.[C-]#[N+]c1cccc(C(O)C(CC)N(C(=O)Nc2ccc(F)cc2)c2ccc(F)cc2)c1. The van der Waals surface area contributed by atoms with Gasteiger partial charge in [0.25, 0.3) is 0 Å². The van der Waals surface area contributed by atoms with Crippen LogP contribution in [0.1, 0.15) is 121 Å². The Morgan fingerprint density at radius 2 is 0.830 bits per heavy atom. The molecule has 0 radical (unpaired) electrons. The van der Waals surface area contributed by atoms with Gasteiger partial charge in [0.1, 0.15) is 46.5 Å². The summed E-state index contributed by atoms with van der Waals surface area (Å²) in [7, 11) is 0. The van der Waals surface area contributed by atoms with Crippen molar-refractivity contribution >= 4 is 90.8 Å². The van der Waals surface area contributed by atoms with Crippen molar-refractivity contribution in [3.05, 3.63) is 469 Å². The smallest absolute Gasteiger partial charge is 0.338 e. The lowest BCUT2D eigenvalue weighted by atomic mass is 9.88. The Labute approximate surface area is 786 Å². The molecule has 1 heterocycles. The van der Waals surface area contributed by atoms with Gasteiger partial charge in [0.2, 0.25) is 6.08 Å². The largest absolute Gasteiger partial charge is 0.399 e. The van der Waals surface area contributed by atoms with Crippen LogP contribution in [0.3, 0.4) is 0 Å². The third-order valence-corrected chi connectivity index (χ3v) is 21.9. The first-order valence-electron chi connectivity index (χ1n) is 42.3. The number of urea groups is 1.